The van der Waals surface area contributed by atoms with Crippen LogP contribution in [0.25, 0.3) is 21.9 Å². The van der Waals surface area contributed by atoms with E-state index in [1.54, 1.807) is 0 Å². The van der Waals surface area contributed by atoms with Crippen molar-refractivity contribution in [1.82, 2.24) is 19.9 Å². The lowest BCUT2D eigenvalue weighted by atomic mass is 10.0. The van der Waals surface area contributed by atoms with Crippen molar-refractivity contribution in [2.45, 2.75) is 25.3 Å². The number of para-hydroxylation sites is 3. The molecule has 0 spiro atoms. The van der Waals surface area contributed by atoms with Gasteiger partial charge in [0.2, 0.25) is 5.91 Å². The molecule has 1 atom stereocenters. The van der Waals surface area contributed by atoms with Crippen molar-refractivity contribution in [1.29, 1.82) is 0 Å². The number of nitrogens with one attached hydrogen (secondary N) is 2. The van der Waals surface area contributed by atoms with Gasteiger partial charge in [-0.15, -0.1) is 0 Å². The van der Waals surface area contributed by atoms with Crippen LogP contribution in [0.3, 0.4) is 0 Å². The van der Waals surface area contributed by atoms with E-state index in [-0.39, 0.29) is 11.9 Å². The normalized spacial score (nSPS) is 12.3. The van der Waals surface area contributed by atoms with Gasteiger partial charge in [0.15, 0.2) is 0 Å². The van der Waals surface area contributed by atoms with Gasteiger partial charge in [0.25, 0.3) is 0 Å². The third-order valence-corrected chi connectivity index (χ3v) is 5.96. The van der Waals surface area contributed by atoms with E-state index in [0.29, 0.717) is 19.3 Å². The zero-order valence-electron chi connectivity index (χ0n) is 18.1. The van der Waals surface area contributed by atoms with E-state index in [9.17, 15) is 4.79 Å². The quantitative estimate of drug-likeness (QED) is 0.384. The molecule has 5 rings (SSSR count). The van der Waals surface area contributed by atoms with E-state index in [4.69, 9.17) is 4.98 Å². The Morgan fingerprint density at radius 1 is 1.00 bits per heavy atom. The number of nitrogens with zero attached hydrogens (tertiary/aromatic N) is 2. The van der Waals surface area contributed by atoms with Crippen molar-refractivity contribution in [2.75, 3.05) is 0 Å². The number of aromatic nitrogens is 3. The monoisotopic (exact) mass is 422 g/mol. The highest BCUT2D eigenvalue weighted by atomic mass is 16.1. The highest BCUT2D eigenvalue weighted by Crippen LogP contribution is 2.23. The average molecular weight is 423 g/mol. The van der Waals surface area contributed by atoms with E-state index < -0.39 is 0 Å². The molecule has 2 aromatic heterocycles. The number of rotatable bonds is 7. The Kier molecular flexibility index (Phi) is 5.46. The van der Waals surface area contributed by atoms with Gasteiger partial charge < -0.3 is 14.9 Å². The standard InChI is InChI=1S/C27H26N4O/c1-31-18-20(21-11-5-8-14-25(21)31)15-16-26(32)28-24(17-19-9-3-2-4-10-19)27-29-22-12-6-7-13-23(22)30-27/h2-14,18,24H,15-17H2,1H3,(H,28,32)(H,29,30)/t24-/m0/s1. The molecule has 0 bridgehead atoms. The highest BCUT2D eigenvalue weighted by molar-refractivity contribution is 5.85. The molecule has 5 nitrogen and oxygen atoms in total. The van der Waals surface area contributed by atoms with Gasteiger partial charge in [0.05, 0.1) is 17.1 Å². The number of aryl methyl sites for hydroxylation is 2. The second-order valence-corrected chi connectivity index (χ2v) is 8.23. The third-order valence-electron chi connectivity index (χ3n) is 5.96. The van der Waals surface area contributed by atoms with E-state index in [1.807, 2.05) is 61.6 Å². The minimum Gasteiger partial charge on any atom is -0.350 e. The maximum atomic E-state index is 13.0. The van der Waals surface area contributed by atoms with Gasteiger partial charge >= 0.3 is 0 Å². The van der Waals surface area contributed by atoms with Crippen molar-refractivity contribution in [3.8, 4) is 0 Å². The molecule has 32 heavy (non-hydrogen) atoms. The molecule has 0 unspecified atom stereocenters. The Hall–Kier alpha value is -3.86. The summed E-state index contributed by atoms with van der Waals surface area (Å²) in [7, 11) is 2.05. The van der Waals surface area contributed by atoms with Crippen LogP contribution in [-0.2, 0) is 24.7 Å². The molecule has 0 saturated heterocycles. The molecule has 1 amide bonds. The number of carbonyl (C=O) groups is 1. The second kappa shape index (κ2) is 8.71. The Bertz CT molecular complexity index is 1330. The molecule has 0 aliphatic heterocycles. The first-order chi connectivity index (χ1) is 15.7. The summed E-state index contributed by atoms with van der Waals surface area (Å²) < 4.78 is 2.12. The third kappa shape index (κ3) is 4.14. The number of fused-ring (bicyclic) bond motifs is 2. The molecule has 0 radical (unpaired) electrons. The Labute approximate surface area is 187 Å². The molecule has 0 aliphatic carbocycles. The lowest BCUT2D eigenvalue weighted by Gasteiger charge is -2.17. The van der Waals surface area contributed by atoms with Crippen LogP contribution in [0.4, 0.5) is 0 Å². The van der Waals surface area contributed by atoms with Crippen molar-refractivity contribution < 1.29 is 4.79 Å². The fraction of sp³-hybridized carbons (Fsp3) is 0.185. The van der Waals surface area contributed by atoms with Gasteiger partial charge in [-0.25, -0.2) is 4.98 Å². The van der Waals surface area contributed by atoms with E-state index in [2.05, 4.69) is 45.3 Å². The van der Waals surface area contributed by atoms with Gasteiger partial charge in [0, 0.05) is 30.6 Å². The fourth-order valence-electron chi connectivity index (χ4n) is 4.34. The van der Waals surface area contributed by atoms with Crippen molar-refractivity contribution in [3.63, 3.8) is 0 Å². The molecule has 0 fully saturated rings. The molecule has 2 N–H and O–H groups in total. The molecule has 3 aromatic carbocycles. The number of amides is 1. The number of H-pyrrole nitrogens is 1. The van der Waals surface area contributed by atoms with Crippen LogP contribution in [0.2, 0.25) is 0 Å². The van der Waals surface area contributed by atoms with Crippen molar-refractivity contribution >= 4 is 27.8 Å². The SMILES string of the molecule is Cn1cc(CCC(=O)N[C@@H](Cc2ccccc2)c2nc3ccccc3[nH]2)c2ccccc21. The van der Waals surface area contributed by atoms with Gasteiger partial charge in [-0.05, 0) is 42.2 Å². The van der Waals surface area contributed by atoms with Crippen molar-refractivity contribution in [2.24, 2.45) is 7.05 Å². The fourth-order valence-corrected chi connectivity index (χ4v) is 4.34. The first kappa shape index (κ1) is 20.1. The number of hydrogen-bond acceptors (Lipinski definition) is 2. The van der Waals surface area contributed by atoms with E-state index in [1.165, 1.54) is 16.5 Å². The van der Waals surface area contributed by atoms with Crippen molar-refractivity contribution in [3.05, 3.63) is 102 Å². The Morgan fingerprint density at radius 3 is 2.59 bits per heavy atom. The zero-order chi connectivity index (χ0) is 21.9. The zero-order valence-corrected chi connectivity index (χ0v) is 18.1. The van der Waals surface area contributed by atoms with Crippen LogP contribution < -0.4 is 5.32 Å². The largest absolute Gasteiger partial charge is 0.350 e. The maximum absolute atomic E-state index is 13.0. The number of aromatic amines is 1. The van der Waals surface area contributed by atoms with E-state index in [0.717, 1.165) is 22.4 Å². The van der Waals surface area contributed by atoms with Gasteiger partial charge in [0.1, 0.15) is 5.82 Å². The van der Waals surface area contributed by atoms with Crippen LogP contribution >= 0.6 is 0 Å². The molecule has 5 aromatic rings. The smallest absolute Gasteiger partial charge is 0.220 e. The summed E-state index contributed by atoms with van der Waals surface area (Å²) in [5, 5.41) is 4.44. The molecule has 2 heterocycles. The highest BCUT2D eigenvalue weighted by Gasteiger charge is 2.19. The van der Waals surface area contributed by atoms with Crippen LogP contribution in [-0.4, -0.2) is 20.4 Å². The first-order valence-electron chi connectivity index (χ1n) is 11.0. The maximum Gasteiger partial charge on any atom is 0.220 e. The molecular weight excluding hydrogens is 396 g/mol. The van der Waals surface area contributed by atoms with Crippen LogP contribution in [0, 0.1) is 0 Å². The molecule has 160 valence electrons. The summed E-state index contributed by atoms with van der Waals surface area (Å²) in [5.41, 5.74) is 5.43. The van der Waals surface area contributed by atoms with Gasteiger partial charge in [-0.3, -0.25) is 4.79 Å². The number of hydrogen-bond donors (Lipinski definition) is 2. The van der Waals surface area contributed by atoms with Crippen LogP contribution in [0.15, 0.2) is 85.1 Å². The lowest BCUT2D eigenvalue weighted by molar-refractivity contribution is -0.121. The summed E-state index contributed by atoms with van der Waals surface area (Å²) in [6.45, 7) is 0. The van der Waals surface area contributed by atoms with E-state index >= 15 is 0 Å². The number of imidazole rings is 1. The summed E-state index contributed by atoms with van der Waals surface area (Å²) in [6, 6.07) is 26.3. The van der Waals surface area contributed by atoms with Crippen LogP contribution in [0.1, 0.15) is 29.4 Å². The first-order valence-corrected chi connectivity index (χ1v) is 11.0. The lowest BCUT2D eigenvalue weighted by Crippen LogP contribution is -2.31. The number of carbonyl (C=O) groups excluding carboxylic acids is 1. The topological polar surface area (TPSA) is 62.7 Å². The molecule has 0 saturated carbocycles. The summed E-state index contributed by atoms with van der Waals surface area (Å²) >= 11 is 0. The molecular formula is C27H26N4O. The Balaban J connectivity index is 1.34. The Morgan fingerprint density at radius 2 is 1.75 bits per heavy atom. The summed E-state index contributed by atoms with van der Waals surface area (Å²) in [4.78, 5) is 21.1. The molecule has 0 aliphatic rings. The minimum absolute atomic E-state index is 0.0271. The predicted octanol–water partition coefficient (Wildman–Crippen LogP) is 5.09. The van der Waals surface area contributed by atoms with Crippen LogP contribution in [0.5, 0.6) is 0 Å². The summed E-state index contributed by atoms with van der Waals surface area (Å²) in [6.07, 6.45) is 3.93. The predicted molar refractivity (Wildman–Crippen MR) is 128 cm³/mol. The second-order valence-electron chi connectivity index (χ2n) is 8.23. The van der Waals surface area contributed by atoms with Gasteiger partial charge in [-0.1, -0.05) is 60.7 Å². The minimum atomic E-state index is -0.218. The molecule has 5 heteroatoms. The van der Waals surface area contributed by atoms with Gasteiger partial charge in [-0.2, -0.15) is 0 Å². The average Bonchev–Trinajstić information content (AvgIpc) is 3.39. The number of benzene rings is 3. The summed E-state index contributed by atoms with van der Waals surface area (Å²) in [5.74, 6) is 0.813.